The highest BCUT2D eigenvalue weighted by Crippen LogP contribution is 2.49. The molecule has 246 valence electrons. The molecule has 2 heterocycles. The van der Waals surface area contributed by atoms with E-state index in [0.29, 0.717) is 17.5 Å². The van der Waals surface area contributed by atoms with Crippen molar-refractivity contribution < 1.29 is 0 Å². The minimum absolute atomic E-state index is 0.116. The number of thiophene rings is 1. The van der Waals surface area contributed by atoms with Gasteiger partial charge < -0.3 is 0 Å². The number of aromatic nitrogens is 3. The van der Waals surface area contributed by atoms with Gasteiger partial charge in [0.05, 0.1) is 0 Å². The summed E-state index contributed by atoms with van der Waals surface area (Å²) in [4.78, 5) is 15.3. The Balaban J connectivity index is 1.08. The maximum atomic E-state index is 5.16. The zero-order valence-electron chi connectivity index (χ0n) is 28.8. The molecular formula is C48H33N3S. The average molecular weight is 684 g/mol. The van der Waals surface area contributed by atoms with Gasteiger partial charge in [-0.1, -0.05) is 159 Å². The Labute approximate surface area is 307 Å². The highest BCUT2D eigenvalue weighted by atomic mass is 32.1. The van der Waals surface area contributed by atoms with Crippen molar-refractivity contribution in [3.05, 3.63) is 175 Å². The van der Waals surface area contributed by atoms with Crippen molar-refractivity contribution in [2.75, 3.05) is 0 Å². The van der Waals surface area contributed by atoms with Crippen LogP contribution in [0, 0.1) is 0 Å². The lowest BCUT2D eigenvalue weighted by atomic mass is 9.82. The van der Waals surface area contributed by atoms with Crippen LogP contribution in [0.4, 0.5) is 0 Å². The number of hydrogen-bond donors (Lipinski definition) is 0. The van der Waals surface area contributed by atoms with Gasteiger partial charge in [-0.2, -0.15) is 0 Å². The number of nitrogens with zero attached hydrogens (tertiary/aromatic N) is 3. The average Bonchev–Trinajstić information content (AvgIpc) is 3.70. The predicted octanol–water partition coefficient (Wildman–Crippen LogP) is 12.9. The van der Waals surface area contributed by atoms with Crippen LogP contribution in [-0.2, 0) is 5.41 Å². The van der Waals surface area contributed by atoms with Crippen molar-refractivity contribution in [2.24, 2.45) is 0 Å². The van der Waals surface area contributed by atoms with Gasteiger partial charge in [0.1, 0.15) is 0 Å². The van der Waals surface area contributed by atoms with E-state index in [0.717, 1.165) is 16.7 Å². The second-order valence-electron chi connectivity index (χ2n) is 14.0. The largest absolute Gasteiger partial charge is 0.208 e. The molecule has 1 aliphatic carbocycles. The van der Waals surface area contributed by atoms with Gasteiger partial charge in [-0.05, 0) is 62.7 Å². The van der Waals surface area contributed by atoms with Crippen molar-refractivity contribution in [1.29, 1.82) is 0 Å². The summed E-state index contributed by atoms with van der Waals surface area (Å²) in [5.41, 5.74) is 13.0. The van der Waals surface area contributed by atoms with Gasteiger partial charge in [0.2, 0.25) is 0 Å². The highest BCUT2D eigenvalue weighted by molar-refractivity contribution is 7.26. The van der Waals surface area contributed by atoms with E-state index in [-0.39, 0.29) is 5.41 Å². The Morgan fingerprint density at radius 2 is 0.923 bits per heavy atom. The number of benzene rings is 7. The van der Waals surface area contributed by atoms with Crippen molar-refractivity contribution >= 4 is 31.5 Å². The summed E-state index contributed by atoms with van der Waals surface area (Å²) in [5, 5.41) is 2.52. The molecule has 4 heteroatoms. The number of hydrogen-bond acceptors (Lipinski definition) is 4. The van der Waals surface area contributed by atoms with E-state index in [1.54, 1.807) is 0 Å². The molecular weight excluding hydrogens is 651 g/mol. The van der Waals surface area contributed by atoms with Gasteiger partial charge in [-0.15, -0.1) is 11.3 Å². The monoisotopic (exact) mass is 683 g/mol. The molecule has 0 spiro atoms. The van der Waals surface area contributed by atoms with Crippen LogP contribution in [0.15, 0.2) is 164 Å². The Morgan fingerprint density at radius 3 is 1.67 bits per heavy atom. The van der Waals surface area contributed by atoms with Crippen LogP contribution >= 0.6 is 11.3 Å². The summed E-state index contributed by atoms with van der Waals surface area (Å²) in [5.74, 6) is 2.01. The lowest BCUT2D eigenvalue weighted by molar-refractivity contribution is 0.660. The quantitative estimate of drug-likeness (QED) is 0.181. The second-order valence-corrected chi connectivity index (χ2v) is 15.1. The molecule has 0 amide bonds. The van der Waals surface area contributed by atoms with Gasteiger partial charge in [0, 0.05) is 42.3 Å². The summed E-state index contributed by atoms with van der Waals surface area (Å²) in [6, 6.07) is 58.4. The molecule has 10 rings (SSSR count). The Morgan fingerprint density at radius 1 is 0.385 bits per heavy atom. The molecule has 0 atom stereocenters. The third-order valence-corrected chi connectivity index (χ3v) is 11.7. The maximum Gasteiger partial charge on any atom is 0.164 e. The molecule has 2 aromatic heterocycles. The SMILES string of the molecule is CC1(C)c2ccccc2-c2ccc(-c3nc(-c4ccccc4)nc(-c4ccc5c(c4)sc4cccc(-c6ccc(-c7ccccc7)cc6)c45)n3)cc21. The van der Waals surface area contributed by atoms with Crippen molar-refractivity contribution in [3.63, 3.8) is 0 Å². The van der Waals surface area contributed by atoms with Crippen LogP contribution in [-0.4, -0.2) is 15.0 Å². The molecule has 0 N–H and O–H groups in total. The third kappa shape index (κ3) is 4.98. The predicted molar refractivity (Wildman–Crippen MR) is 217 cm³/mol. The van der Waals surface area contributed by atoms with E-state index < -0.39 is 0 Å². The molecule has 0 bridgehead atoms. The van der Waals surface area contributed by atoms with Gasteiger partial charge in [-0.3, -0.25) is 0 Å². The summed E-state index contributed by atoms with van der Waals surface area (Å²) in [7, 11) is 0. The zero-order valence-corrected chi connectivity index (χ0v) is 29.7. The van der Waals surface area contributed by atoms with Crippen LogP contribution < -0.4 is 0 Å². The topological polar surface area (TPSA) is 38.7 Å². The third-order valence-electron chi connectivity index (χ3n) is 10.6. The van der Waals surface area contributed by atoms with E-state index >= 15 is 0 Å². The first-order valence-corrected chi connectivity index (χ1v) is 18.5. The lowest BCUT2D eigenvalue weighted by Gasteiger charge is -2.21. The van der Waals surface area contributed by atoms with Crippen LogP contribution in [0.5, 0.6) is 0 Å². The molecule has 52 heavy (non-hydrogen) atoms. The highest BCUT2D eigenvalue weighted by Gasteiger charge is 2.35. The number of fused-ring (bicyclic) bond motifs is 6. The fraction of sp³-hybridized carbons (Fsp3) is 0.0625. The van der Waals surface area contributed by atoms with Crippen LogP contribution in [0.2, 0.25) is 0 Å². The summed E-state index contributed by atoms with van der Waals surface area (Å²) in [6.07, 6.45) is 0. The smallest absolute Gasteiger partial charge is 0.164 e. The van der Waals surface area contributed by atoms with E-state index in [9.17, 15) is 0 Å². The molecule has 0 fully saturated rings. The van der Waals surface area contributed by atoms with Gasteiger partial charge in [0.15, 0.2) is 17.5 Å². The van der Waals surface area contributed by atoms with E-state index in [1.165, 1.54) is 64.7 Å². The standard InChI is InChI=1S/C48H33N3S/c1-48(2)40-18-10-9-16-37(40)38-26-24-34(28-41(38)48)46-49-45(33-14-7-4-8-15-33)50-47(51-46)35-25-27-39-43(29-35)52-42-19-11-17-36(44(39)42)32-22-20-31(21-23-32)30-12-5-3-6-13-30/h3-29H,1-2H3. The van der Waals surface area contributed by atoms with Gasteiger partial charge in [0.25, 0.3) is 0 Å². The first-order valence-electron chi connectivity index (χ1n) is 17.7. The minimum atomic E-state index is -0.116. The molecule has 0 unspecified atom stereocenters. The Kier molecular flexibility index (Phi) is 7.02. The van der Waals surface area contributed by atoms with Crippen LogP contribution in [0.1, 0.15) is 25.0 Å². The Hall–Kier alpha value is -6.23. The molecule has 1 aliphatic rings. The molecule has 0 saturated heterocycles. The summed E-state index contributed by atoms with van der Waals surface area (Å²) < 4.78 is 2.47. The molecule has 3 nitrogen and oxygen atoms in total. The molecule has 0 saturated carbocycles. The normalized spacial score (nSPS) is 13.0. The van der Waals surface area contributed by atoms with Crippen LogP contribution in [0.25, 0.3) is 87.7 Å². The number of rotatable bonds is 5. The summed E-state index contributed by atoms with van der Waals surface area (Å²) in [6.45, 7) is 4.61. The Bertz CT molecular complexity index is 2800. The van der Waals surface area contributed by atoms with Crippen LogP contribution in [0.3, 0.4) is 0 Å². The molecule has 0 aliphatic heterocycles. The minimum Gasteiger partial charge on any atom is -0.208 e. The zero-order chi connectivity index (χ0) is 34.8. The van der Waals surface area contributed by atoms with Crippen molar-refractivity contribution in [1.82, 2.24) is 15.0 Å². The summed E-state index contributed by atoms with van der Waals surface area (Å²) >= 11 is 1.82. The fourth-order valence-corrected chi connectivity index (χ4v) is 9.04. The fourth-order valence-electron chi connectivity index (χ4n) is 7.87. The van der Waals surface area contributed by atoms with Crippen molar-refractivity contribution in [3.8, 4) is 67.5 Å². The second kappa shape index (κ2) is 11.9. The molecule has 0 radical (unpaired) electrons. The molecule has 9 aromatic rings. The van der Waals surface area contributed by atoms with Crippen molar-refractivity contribution in [2.45, 2.75) is 19.3 Å². The lowest BCUT2D eigenvalue weighted by Crippen LogP contribution is -2.15. The van der Waals surface area contributed by atoms with Gasteiger partial charge >= 0.3 is 0 Å². The molecule has 7 aromatic carbocycles. The first-order chi connectivity index (χ1) is 25.5. The van der Waals surface area contributed by atoms with E-state index in [2.05, 4.69) is 159 Å². The van der Waals surface area contributed by atoms with Gasteiger partial charge in [-0.25, -0.2) is 15.0 Å². The van der Waals surface area contributed by atoms with E-state index in [4.69, 9.17) is 15.0 Å². The maximum absolute atomic E-state index is 5.16. The van der Waals surface area contributed by atoms with E-state index in [1.807, 2.05) is 29.5 Å². The first kappa shape index (κ1) is 30.6.